The minimum Gasteiger partial charge on any atom is -0.452 e. The van der Waals surface area contributed by atoms with Crippen LogP contribution in [0.2, 0.25) is 0 Å². The molecule has 0 saturated heterocycles. The van der Waals surface area contributed by atoms with E-state index in [9.17, 15) is 22.8 Å². The van der Waals surface area contributed by atoms with Gasteiger partial charge < -0.3 is 15.0 Å². The van der Waals surface area contributed by atoms with E-state index in [2.05, 4.69) is 10.0 Å². The molecule has 10 heteroatoms. The molecular weight excluding hydrogens is 374 g/mol. The fraction of sp³-hybridized carbons (Fsp3) is 0.471. The summed E-state index contributed by atoms with van der Waals surface area (Å²) in [6.45, 7) is 1.29. The van der Waals surface area contributed by atoms with Gasteiger partial charge >= 0.3 is 5.97 Å². The summed E-state index contributed by atoms with van der Waals surface area (Å²) in [5.74, 6) is -1.52. The first kappa shape index (κ1) is 20.8. The lowest BCUT2D eigenvalue weighted by Crippen LogP contribution is -2.40. The third-order valence-corrected chi connectivity index (χ3v) is 5.37. The normalized spacial score (nSPS) is 13.7. The van der Waals surface area contributed by atoms with Crippen LogP contribution in [0.25, 0.3) is 0 Å². The zero-order chi connectivity index (χ0) is 20.0. The van der Waals surface area contributed by atoms with Crippen LogP contribution >= 0.6 is 0 Å². The van der Waals surface area contributed by atoms with Crippen LogP contribution in [0.4, 0.5) is 0 Å². The zero-order valence-corrected chi connectivity index (χ0v) is 16.0. The van der Waals surface area contributed by atoms with Crippen molar-refractivity contribution in [1.29, 1.82) is 0 Å². The molecule has 2 rings (SSSR count). The Morgan fingerprint density at radius 1 is 1.19 bits per heavy atom. The molecule has 0 radical (unpaired) electrons. The summed E-state index contributed by atoms with van der Waals surface area (Å²) in [4.78, 5) is 36.8. The molecule has 1 aliphatic carbocycles. The van der Waals surface area contributed by atoms with Crippen LogP contribution < -0.4 is 10.0 Å². The Balaban J connectivity index is 1.83. The lowest BCUT2D eigenvalue weighted by atomic mass is 10.2. The quantitative estimate of drug-likeness (QED) is 0.560. The van der Waals surface area contributed by atoms with E-state index < -0.39 is 28.5 Å². The molecule has 27 heavy (non-hydrogen) atoms. The summed E-state index contributed by atoms with van der Waals surface area (Å²) in [5.41, 5.74) is 0.118. The molecule has 1 aromatic rings. The van der Waals surface area contributed by atoms with Crippen molar-refractivity contribution in [1.82, 2.24) is 14.9 Å². The molecule has 9 nitrogen and oxygen atoms in total. The molecule has 0 bridgehead atoms. The second kappa shape index (κ2) is 8.96. The lowest BCUT2D eigenvalue weighted by Gasteiger charge is -2.16. The number of esters is 1. The van der Waals surface area contributed by atoms with Gasteiger partial charge in [0.1, 0.15) is 0 Å². The van der Waals surface area contributed by atoms with Gasteiger partial charge in [0.2, 0.25) is 15.9 Å². The van der Waals surface area contributed by atoms with E-state index in [0.29, 0.717) is 0 Å². The van der Waals surface area contributed by atoms with Crippen LogP contribution in [0.1, 0.15) is 30.1 Å². The van der Waals surface area contributed by atoms with Crippen molar-refractivity contribution in [2.75, 3.05) is 26.7 Å². The summed E-state index contributed by atoms with van der Waals surface area (Å²) in [6, 6.07) is 5.39. The summed E-state index contributed by atoms with van der Waals surface area (Å²) in [6.07, 6.45) is 1.91. The van der Waals surface area contributed by atoms with Gasteiger partial charge in [0.05, 0.1) is 17.0 Å². The van der Waals surface area contributed by atoms with E-state index in [0.717, 1.165) is 12.8 Å². The lowest BCUT2D eigenvalue weighted by molar-refractivity contribution is -0.137. The number of hydrogen-bond acceptors (Lipinski definition) is 6. The molecule has 148 valence electrons. The molecule has 1 saturated carbocycles. The summed E-state index contributed by atoms with van der Waals surface area (Å²) < 4.78 is 31.0. The van der Waals surface area contributed by atoms with E-state index >= 15 is 0 Å². The fourth-order valence-electron chi connectivity index (χ4n) is 2.17. The standard InChI is InChI=1S/C17H23N3O6S/c1-3-18-27(24,25)14-8-4-12(5-9-14)17(23)26-11-16(22)20(2)10-15(21)19-13-6-7-13/h4-5,8-9,13,18H,3,6-7,10-11H2,1-2H3,(H,19,21). The average Bonchev–Trinajstić information content (AvgIpc) is 3.43. The largest absolute Gasteiger partial charge is 0.452 e. The van der Waals surface area contributed by atoms with Gasteiger partial charge in [-0.25, -0.2) is 17.9 Å². The number of amides is 2. The molecule has 0 heterocycles. The summed E-state index contributed by atoms with van der Waals surface area (Å²) >= 11 is 0. The van der Waals surface area contributed by atoms with Gasteiger partial charge in [0.25, 0.3) is 5.91 Å². The predicted molar refractivity (Wildman–Crippen MR) is 96.4 cm³/mol. The number of ether oxygens (including phenoxy) is 1. The van der Waals surface area contributed by atoms with E-state index in [4.69, 9.17) is 4.74 Å². The number of carbonyl (C=O) groups excluding carboxylic acids is 3. The number of benzene rings is 1. The molecule has 0 atom stereocenters. The molecule has 1 aromatic carbocycles. The number of rotatable bonds is 9. The highest BCUT2D eigenvalue weighted by molar-refractivity contribution is 7.89. The minimum atomic E-state index is -3.61. The van der Waals surface area contributed by atoms with Crippen molar-refractivity contribution in [3.05, 3.63) is 29.8 Å². The molecule has 0 spiro atoms. The maximum absolute atomic E-state index is 12.0. The number of nitrogens with one attached hydrogen (secondary N) is 2. The fourth-order valence-corrected chi connectivity index (χ4v) is 3.21. The van der Waals surface area contributed by atoms with Gasteiger partial charge in [-0.3, -0.25) is 9.59 Å². The second-order valence-electron chi connectivity index (χ2n) is 6.19. The average molecular weight is 397 g/mol. The molecular formula is C17H23N3O6S. The first-order chi connectivity index (χ1) is 12.7. The number of likely N-dealkylation sites (N-methyl/N-ethyl adjacent to an activating group) is 1. The Kier molecular flexibility index (Phi) is 6.92. The maximum Gasteiger partial charge on any atom is 0.338 e. The first-order valence-electron chi connectivity index (χ1n) is 8.53. The Bertz CT molecular complexity index is 802. The van der Waals surface area contributed by atoms with Crippen LogP contribution in [0.5, 0.6) is 0 Å². The third-order valence-electron chi connectivity index (χ3n) is 3.81. The van der Waals surface area contributed by atoms with E-state index in [1.165, 1.54) is 36.2 Å². The number of nitrogens with zero attached hydrogens (tertiary/aromatic N) is 1. The van der Waals surface area contributed by atoms with Crippen LogP contribution in [0.15, 0.2) is 29.2 Å². The third kappa shape index (κ3) is 6.33. The minimum absolute atomic E-state index is 0.0263. The van der Waals surface area contributed by atoms with Crippen molar-refractivity contribution in [2.24, 2.45) is 0 Å². The van der Waals surface area contributed by atoms with E-state index in [1.54, 1.807) is 6.92 Å². The van der Waals surface area contributed by atoms with Crippen LogP contribution in [0.3, 0.4) is 0 Å². The van der Waals surface area contributed by atoms with Crippen molar-refractivity contribution in [2.45, 2.75) is 30.7 Å². The van der Waals surface area contributed by atoms with Crippen LogP contribution in [-0.4, -0.2) is 63.9 Å². The number of sulfonamides is 1. The summed E-state index contributed by atoms with van der Waals surface area (Å²) in [5, 5.41) is 2.76. The van der Waals surface area contributed by atoms with Gasteiger partial charge in [0.15, 0.2) is 6.61 Å². The SMILES string of the molecule is CCNS(=O)(=O)c1ccc(C(=O)OCC(=O)N(C)CC(=O)NC2CC2)cc1. The molecule has 0 aliphatic heterocycles. The zero-order valence-electron chi connectivity index (χ0n) is 15.2. The summed E-state index contributed by atoms with van der Waals surface area (Å²) in [7, 11) is -2.16. The van der Waals surface area contributed by atoms with Crippen LogP contribution in [0, 0.1) is 0 Å². The topological polar surface area (TPSA) is 122 Å². The van der Waals surface area contributed by atoms with Gasteiger partial charge in [-0.05, 0) is 37.1 Å². The molecule has 0 aromatic heterocycles. The Morgan fingerprint density at radius 3 is 2.37 bits per heavy atom. The molecule has 1 fully saturated rings. The smallest absolute Gasteiger partial charge is 0.338 e. The Morgan fingerprint density at radius 2 is 1.81 bits per heavy atom. The van der Waals surface area contributed by atoms with Gasteiger partial charge in [0, 0.05) is 19.6 Å². The number of carbonyl (C=O) groups is 3. The highest BCUT2D eigenvalue weighted by atomic mass is 32.2. The van der Waals surface area contributed by atoms with E-state index in [1.807, 2.05) is 0 Å². The van der Waals surface area contributed by atoms with Crippen molar-refractivity contribution < 1.29 is 27.5 Å². The van der Waals surface area contributed by atoms with Crippen molar-refractivity contribution in [3.8, 4) is 0 Å². The van der Waals surface area contributed by atoms with Crippen LogP contribution in [-0.2, 0) is 24.3 Å². The molecule has 2 N–H and O–H groups in total. The van der Waals surface area contributed by atoms with Gasteiger partial charge in [-0.1, -0.05) is 6.92 Å². The van der Waals surface area contributed by atoms with E-state index in [-0.39, 0.29) is 35.5 Å². The van der Waals surface area contributed by atoms with Gasteiger partial charge in [-0.2, -0.15) is 0 Å². The second-order valence-corrected chi connectivity index (χ2v) is 7.96. The van der Waals surface area contributed by atoms with Gasteiger partial charge in [-0.15, -0.1) is 0 Å². The molecule has 2 amide bonds. The van der Waals surface area contributed by atoms with Crippen molar-refractivity contribution >= 4 is 27.8 Å². The monoisotopic (exact) mass is 397 g/mol. The molecule has 1 aliphatic rings. The highest BCUT2D eigenvalue weighted by Gasteiger charge is 2.24. The molecule has 0 unspecified atom stereocenters. The highest BCUT2D eigenvalue weighted by Crippen LogP contribution is 2.18. The Hall–Kier alpha value is -2.46. The van der Waals surface area contributed by atoms with Crippen molar-refractivity contribution in [3.63, 3.8) is 0 Å². The Labute approximate surface area is 158 Å². The number of hydrogen-bond donors (Lipinski definition) is 2. The predicted octanol–water partition coefficient (Wildman–Crippen LogP) is -0.121. The first-order valence-corrected chi connectivity index (χ1v) is 10.0. The maximum atomic E-state index is 12.0.